The monoisotopic (exact) mass is 506 g/mol. The van der Waals surface area contributed by atoms with Crippen LogP contribution in [0.1, 0.15) is 35.4 Å². The highest BCUT2D eigenvalue weighted by molar-refractivity contribution is 7.98. The topological polar surface area (TPSA) is 101 Å². The van der Waals surface area contributed by atoms with Crippen molar-refractivity contribution in [3.8, 4) is 0 Å². The number of nitrogens with zero attached hydrogens (tertiary/aromatic N) is 6. The van der Waals surface area contributed by atoms with Crippen molar-refractivity contribution in [2.24, 2.45) is 0 Å². The molecule has 1 aromatic carbocycles. The number of imidazole rings is 1. The fourth-order valence-corrected chi connectivity index (χ4v) is 6.04. The number of thioether (sulfide) groups is 1. The van der Waals surface area contributed by atoms with Gasteiger partial charge < -0.3 is 20.1 Å². The molecule has 1 aliphatic carbocycles. The van der Waals surface area contributed by atoms with E-state index < -0.39 is 0 Å². The molecule has 0 saturated heterocycles. The van der Waals surface area contributed by atoms with Gasteiger partial charge in [-0.15, -0.1) is 11.8 Å². The maximum Gasteiger partial charge on any atom is 0.254 e. The van der Waals surface area contributed by atoms with E-state index in [9.17, 15) is 4.79 Å². The Labute approximate surface area is 211 Å². The first-order chi connectivity index (χ1) is 17.1. The van der Waals surface area contributed by atoms with Gasteiger partial charge in [0.15, 0.2) is 5.13 Å². The van der Waals surface area contributed by atoms with E-state index in [1.165, 1.54) is 0 Å². The second-order valence-electron chi connectivity index (χ2n) is 8.91. The van der Waals surface area contributed by atoms with E-state index in [0.717, 1.165) is 51.9 Å². The van der Waals surface area contributed by atoms with Crippen LogP contribution >= 0.6 is 23.1 Å². The normalized spacial score (nSPS) is 19.6. The van der Waals surface area contributed by atoms with Crippen LogP contribution in [0.15, 0.2) is 47.9 Å². The van der Waals surface area contributed by atoms with Crippen LogP contribution in [-0.4, -0.2) is 60.2 Å². The Balaban J connectivity index is 1.09. The summed E-state index contributed by atoms with van der Waals surface area (Å²) in [7, 11) is 0. The predicted molar refractivity (Wildman–Crippen MR) is 139 cm³/mol. The molecule has 2 atom stereocenters. The lowest BCUT2D eigenvalue weighted by atomic mass is 10.1. The average Bonchev–Trinajstić information content (AvgIpc) is 3.62. The molecule has 1 saturated carbocycles. The van der Waals surface area contributed by atoms with Crippen LogP contribution in [0.2, 0.25) is 0 Å². The number of thiazole rings is 1. The lowest BCUT2D eigenvalue weighted by Crippen LogP contribution is -2.38. The van der Waals surface area contributed by atoms with Crippen LogP contribution in [0, 0.1) is 0 Å². The third-order valence-electron chi connectivity index (χ3n) is 6.62. The minimum atomic E-state index is 0.0431. The summed E-state index contributed by atoms with van der Waals surface area (Å²) >= 11 is 3.24. The molecule has 1 aliphatic heterocycles. The van der Waals surface area contributed by atoms with Crippen LogP contribution in [0.4, 0.5) is 11.1 Å². The van der Waals surface area contributed by atoms with Gasteiger partial charge in [-0.3, -0.25) is 4.79 Å². The number of nitrogens with one attached hydrogen (secondary N) is 2. The van der Waals surface area contributed by atoms with Crippen LogP contribution in [0.25, 0.3) is 10.2 Å². The zero-order valence-electron chi connectivity index (χ0n) is 19.3. The van der Waals surface area contributed by atoms with E-state index in [1.54, 1.807) is 29.3 Å². The maximum absolute atomic E-state index is 13.1. The minimum absolute atomic E-state index is 0.0431. The number of fused-ring (bicyclic) bond motifs is 2. The van der Waals surface area contributed by atoms with Crippen molar-refractivity contribution in [2.75, 3.05) is 23.4 Å². The highest BCUT2D eigenvalue weighted by Gasteiger charge is 2.26. The van der Waals surface area contributed by atoms with Gasteiger partial charge in [-0.1, -0.05) is 11.3 Å². The van der Waals surface area contributed by atoms with Gasteiger partial charge in [0.2, 0.25) is 5.95 Å². The van der Waals surface area contributed by atoms with Gasteiger partial charge in [-0.2, -0.15) is 0 Å². The molecule has 9 nitrogen and oxygen atoms in total. The largest absolute Gasteiger partial charge is 0.359 e. The molecule has 0 radical (unpaired) electrons. The molecule has 11 heteroatoms. The third-order valence-corrected chi connectivity index (χ3v) is 8.26. The van der Waals surface area contributed by atoms with Crippen molar-refractivity contribution < 1.29 is 4.79 Å². The first-order valence-electron chi connectivity index (χ1n) is 11.7. The molecule has 2 N–H and O–H groups in total. The molecule has 3 aromatic heterocycles. The summed E-state index contributed by atoms with van der Waals surface area (Å²) in [6.45, 7) is 2.02. The Hall–Kier alpha value is -3.18. The van der Waals surface area contributed by atoms with E-state index in [0.29, 0.717) is 36.7 Å². The number of carbonyl (C=O) groups is 1. The number of amides is 1. The summed E-state index contributed by atoms with van der Waals surface area (Å²) in [4.78, 5) is 34.0. The van der Waals surface area contributed by atoms with Crippen molar-refractivity contribution in [2.45, 2.75) is 49.3 Å². The van der Waals surface area contributed by atoms with E-state index >= 15 is 0 Å². The smallest absolute Gasteiger partial charge is 0.254 e. The summed E-state index contributed by atoms with van der Waals surface area (Å²) in [6.07, 6.45) is 12.6. The van der Waals surface area contributed by atoms with Gasteiger partial charge in [0.05, 0.1) is 16.8 Å². The highest BCUT2D eigenvalue weighted by Crippen LogP contribution is 2.31. The lowest BCUT2D eigenvalue weighted by Gasteiger charge is -2.27. The molecule has 180 valence electrons. The predicted octanol–water partition coefficient (Wildman–Crippen LogP) is 4.11. The van der Waals surface area contributed by atoms with Gasteiger partial charge in [-0.25, -0.2) is 19.9 Å². The van der Waals surface area contributed by atoms with Crippen molar-refractivity contribution >= 4 is 50.3 Å². The van der Waals surface area contributed by atoms with Gasteiger partial charge in [-0.05, 0) is 43.7 Å². The van der Waals surface area contributed by atoms with Crippen LogP contribution in [0.3, 0.4) is 0 Å². The number of rotatable bonds is 6. The van der Waals surface area contributed by atoms with Crippen LogP contribution in [0.5, 0.6) is 0 Å². The molecule has 0 bridgehead atoms. The van der Waals surface area contributed by atoms with E-state index in [-0.39, 0.29) is 5.91 Å². The van der Waals surface area contributed by atoms with Gasteiger partial charge >= 0.3 is 0 Å². The first-order valence-corrected chi connectivity index (χ1v) is 13.8. The van der Waals surface area contributed by atoms with Gasteiger partial charge in [0.25, 0.3) is 5.91 Å². The Morgan fingerprint density at radius 3 is 2.77 bits per heavy atom. The number of carbonyl (C=O) groups excluding carboxylic acids is 1. The molecule has 1 amide bonds. The second kappa shape index (κ2) is 9.46. The van der Waals surface area contributed by atoms with E-state index in [4.69, 9.17) is 4.98 Å². The van der Waals surface area contributed by atoms with Crippen molar-refractivity contribution in [1.29, 1.82) is 0 Å². The van der Waals surface area contributed by atoms with Gasteiger partial charge in [0.1, 0.15) is 5.82 Å². The fraction of sp³-hybridized carbons (Fsp3) is 0.375. The third kappa shape index (κ3) is 4.70. The quantitative estimate of drug-likeness (QED) is 0.377. The Bertz CT molecular complexity index is 1350. The summed E-state index contributed by atoms with van der Waals surface area (Å²) in [6, 6.07) is 6.48. The molecular weight excluding hydrogens is 480 g/mol. The number of hydrogen-bond acceptors (Lipinski definition) is 9. The Kier molecular flexibility index (Phi) is 6.03. The fourth-order valence-electron chi connectivity index (χ4n) is 4.75. The molecule has 4 aromatic rings. The van der Waals surface area contributed by atoms with E-state index in [1.807, 2.05) is 47.9 Å². The molecular formula is C24H26N8OS2. The minimum Gasteiger partial charge on any atom is -0.359 e. The standard InChI is InChI=1S/C24H26N8OS2/c1-34-18-12-26-23(27-13-18)28-16-3-4-17(11-16)29-24-30-19-5-2-15(10-20(19)35-24)22(33)32-9-8-31-7-6-25-21(31)14-32/h2,5-7,10,12-13,16-17H,3-4,8-9,11,14H2,1H3,(H,29,30)(H,26,27,28)/t16-,17-/m0/s1. The summed E-state index contributed by atoms with van der Waals surface area (Å²) in [5.41, 5.74) is 1.61. The molecule has 4 heterocycles. The summed E-state index contributed by atoms with van der Waals surface area (Å²) < 4.78 is 3.12. The van der Waals surface area contributed by atoms with Crippen molar-refractivity contribution in [1.82, 2.24) is 29.4 Å². The molecule has 0 spiro atoms. The van der Waals surface area contributed by atoms with Gasteiger partial charge in [0, 0.05) is 60.4 Å². The first kappa shape index (κ1) is 22.3. The SMILES string of the molecule is CSc1cnc(N[C@H]2CC[C@H](Nc3nc4ccc(C(=O)N5CCn6ccnc6C5)cc4s3)C2)nc1. The Morgan fingerprint density at radius 2 is 1.94 bits per heavy atom. The lowest BCUT2D eigenvalue weighted by molar-refractivity contribution is 0.0707. The summed E-state index contributed by atoms with van der Waals surface area (Å²) in [5, 5.41) is 7.95. The summed E-state index contributed by atoms with van der Waals surface area (Å²) in [5.74, 6) is 1.66. The average molecular weight is 507 g/mol. The molecule has 0 unspecified atom stereocenters. The van der Waals surface area contributed by atoms with E-state index in [2.05, 4.69) is 30.2 Å². The van der Waals surface area contributed by atoms with Crippen LogP contribution in [-0.2, 0) is 13.1 Å². The molecule has 2 aliphatic rings. The van der Waals surface area contributed by atoms with Crippen molar-refractivity contribution in [3.05, 3.63) is 54.4 Å². The second-order valence-corrected chi connectivity index (χ2v) is 10.8. The van der Waals surface area contributed by atoms with Crippen molar-refractivity contribution in [3.63, 3.8) is 0 Å². The number of hydrogen-bond donors (Lipinski definition) is 2. The zero-order valence-corrected chi connectivity index (χ0v) is 21.0. The Morgan fingerprint density at radius 1 is 1.11 bits per heavy atom. The molecule has 35 heavy (non-hydrogen) atoms. The number of anilines is 2. The molecule has 1 fully saturated rings. The van der Waals surface area contributed by atoms with Crippen LogP contribution < -0.4 is 10.6 Å². The number of aromatic nitrogens is 5. The number of benzene rings is 1. The highest BCUT2D eigenvalue weighted by atomic mass is 32.2. The maximum atomic E-state index is 13.1. The zero-order chi connectivity index (χ0) is 23.8. The molecule has 6 rings (SSSR count).